The van der Waals surface area contributed by atoms with Crippen LogP contribution >= 0.6 is 0 Å². The summed E-state index contributed by atoms with van der Waals surface area (Å²) in [6, 6.07) is 0. The van der Waals surface area contributed by atoms with Crippen LogP contribution in [0.4, 0.5) is 0 Å². The first kappa shape index (κ1) is 10.3. The Balaban J connectivity index is 2.32. The molecule has 3 nitrogen and oxygen atoms in total. The van der Waals surface area contributed by atoms with E-state index in [2.05, 4.69) is 18.5 Å². The van der Waals surface area contributed by atoms with Crippen LogP contribution in [0.3, 0.4) is 0 Å². The largest absolute Gasteiger partial charge is 0.273 e. The maximum absolute atomic E-state index is 11.3. The number of carbonyl (C=O) groups excluding carboxylic acids is 1. The van der Waals surface area contributed by atoms with Crippen LogP contribution in [0.5, 0.6) is 0 Å². The Kier molecular flexibility index (Phi) is 3.96. The second-order valence-corrected chi connectivity index (χ2v) is 3.33. The molecule has 0 saturated carbocycles. The summed E-state index contributed by atoms with van der Waals surface area (Å²) in [6.07, 6.45) is 5.86. The van der Waals surface area contributed by atoms with Gasteiger partial charge in [0.15, 0.2) is 0 Å². The number of amides is 1. The van der Waals surface area contributed by atoms with E-state index < -0.39 is 0 Å². The molecular formula is C10H18N2O. The number of rotatable bonds is 5. The quantitative estimate of drug-likeness (QED) is 0.605. The Morgan fingerprint density at radius 1 is 1.54 bits per heavy atom. The Hall–Kier alpha value is -0.830. The molecule has 0 aromatic heterocycles. The molecule has 1 aliphatic heterocycles. The minimum Gasteiger partial charge on any atom is -0.273 e. The molecule has 1 fully saturated rings. The lowest BCUT2D eigenvalue weighted by Gasteiger charge is -2.23. The summed E-state index contributed by atoms with van der Waals surface area (Å²) >= 11 is 0. The maximum atomic E-state index is 11.3. The summed E-state index contributed by atoms with van der Waals surface area (Å²) < 4.78 is 0. The fraction of sp³-hybridized carbons (Fsp3) is 0.700. The van der Waals surface area contributed by atoms with E-state index in [0.717, 1.165) is 19.5 Å². The minimum atomic E-state index is 0.173. The molecule has 0 spiro atoms. The van der Waals surface area contributed by atoms with Crippen molar-refractivity contribution in [1.82, 2.24) is 10.0 Å². The summed E-state index contributed by atoms with van der Waals surface area (Å²) in [5.41, 5.74) is 0. The van der Waals surface area contributed by atoms with E-state index in [1.807, 2.05) is 0 Å². The molecule has 0 aliphatic carbocycles. The average molecular weight is 182 g/mol. The van der Waals surface area contributed by atoms with Crippen LogP contribution in [0.2, 0.25) is 0 Å². The number of nitrogens with zero attached hydrogens (tertiary/aromatic N) is 2. The van der Waals surface area contributed by atoms with Gasteiger partial charge < -0.3 is 0 Å². The molecule has 1 heterocycles. The number of unbranched alkanes of at least 4 members (excludes halogenated alkanes) is 2. The maximum Gasteiger partial charge on any atom is 0.242 e. The van der Waals surface area contributed by atoms with Crippen molar-refractivity contribution in [1.29, 1.82) is 0 Å². The lowest BCUT2D eigenvalue weighted by Crippen LogP contribution is -2.35. The standard InChI is InChI=1S/C10H18N2O/c1-3-5-6-8-11-9-7-10(13)12(11)4-2/h4H,2-3,5-9H2,1H3. The highest BCUT2D eigenvalue weighted by Crippen LogP contribution is 2.13. The molecular weight excluding hydrogens is 164 g/mol. The van der Waals surface area contributed by atoms with Crippen molar-refractivity contribution in [2.24, 2.45) is 0 Å². The van der Waals surface area contributed by atoms with Crippen molar-refractivity contribution in [2.45, 2.75) is 32.6 Å². The molecule has 1 rings (SSSR count). The highest BCUT2D eigenvalue weighted by atomic mass is 16.2. The smallest absolute Gasteiger partial charge is 0.242 e. The third-order valence-corrected chi connectivity index (χ3v) is 2.34. The monoisotopic (exact) mass is 182 g/mol. The Morgan fingerprint density at radius 2 is 2.31 bits per heavy atom. The summed E-state index contributed by atoms with van der Waals surface area (Å²) in [5, 5.41) is 3.72. The molecule has 0 aromatic rings. The molecule has 0 radical (unpaired) electrons. The number of carbonyl (C=O) groups is 1. The number of hydrogen-bond acceptors (Lipinski definition) is 2. The Morgan fingerprint density at radius 3 is 2.92 bits per heavy atom. The molecule has 1 amide bonds. The van der Waals surface area contributed by atoms with Gasteiger partial charge in [0.05, 0.1) is 0 Å². The lowest BCUT2D eigenvalue weighted by atomic mass is 10.2. The van der Waals surface area contributed by atoms with Crippen LogP contribution in [-0.4, -0.2) is 29.0 Å². The number of hydrogen-bond donors (Lipinski definition) is 0. The zero-order chi connectivity index (χ0) is 9.68. The average Bonchev–Trinajstić information content (AvgIpc) is 2.47. The molecule has 0 unspecified atom stereocenters. The molecule has 1 aliphatic rings. The van der Waals surface area contributed by atoms with Crippen LogP contribution in [0.25, 0.3) is 0 Å². The van der Waals surface area contributed by atoms with Crippen molar-refractivity contribution in [3.8, 4) is 0 Å². The molecule has 1 saturated heterocycles. The van der Waals surface area contributed by atoms with E-state index in [-0.39, 0.29) is 5.91 Å². The highest BCUT2D eigenvalue weighted by Gasteiger charge is 2.25. The van der Waals surface area contributed by atoms with Crippen molar-refractivity contribution in [3.05, 3.63) is 12.8 Å². The zero-order valence-electron chi connectivity index (χ0n) is 8.33. The second-order valence-electron chi connectivity index (χ2n) is 3.33. The van der Waals surface area contributed by atoms with Crippen molar-refractivity contribution < 1.29 is 4.79 Å². The van der Waals surface area contributed by atoms with Gasteiger partial charge >= 0.3 is 0 Å². The predicted octanol–water partition coefficient (Wildman–Crippen LogP) is 1.77. The molecule has 0 N–H and O–H groups in total. The topological polar surface area (TPSA) is 23.6 Å². The van der Waals surface area contributed by atoms with Gasteiger partial charge in [0.25, 0.3) is 0 Å². The second kappa shape index (κ2) is 5.02. The third-order valence-electron chi connectivity index (χ3n) is 2.34. The van der Waals surface area contributed by atoms with Gasteiger partial charge in [-0.3, -0.25) is 9.80 Å². The van der Waals surface area contributed by atoms with Crippen LogP contribution in [0.15, 0.2) is 12.8 Å². The van der Waals surface area contributed by atoms with E-state index in [4.69, 9.17) is 0 Å². The first-order valence-electron chi connectivity index (χ1n) is 4.99. The van der Waals surface area contributed by atoms with Gasteiger partial charge in [-0.15, -0.1) is 0 Å². The third kappa shape index (κ3) is 2.56. The first-order valence-corrected chi connectivity index (χ1v) is 4.99. The van der Waals surface area contributed by atoms with Gasteiger partial charge in [-0.05, 0) is 6.42 Å². The van der Waals surface area contributed by atoms with Gasteiger partial charge in [0.2, 0.25) is 5.91 Å². The normalized spacial score (nSPS) is 18.2. The number of hydrazine groups is 1. The van der Waals surface area contributed by atoms with E-state index >= 15 is 0 Å². The van der Waals surface area contributed by atoms with Gasteiger partial charge in [-0.25, -0.2) is 5.01 Å². The Labute approximate surface area is 80.0 Å². The van der Waals surface area contributed by atoms with Crippen LogP contribution in [0, 0.1) is 0 Å². The molecule has 0 aromatic carbocycles. The van der Waals surface area contributed by atoms with E-state index in [9.17, 15) is 4.79 Å². The van der Waals surface area contributed by atoms with Gasteiger partial charge in [-0.2, -0.15) is 0 Å². The molecule has 3 heteroatoms. The molecule has 0 atom stereocenters. The van der Waals surface area contributed by atoms with E-state index in [1.54, 1.807) is 11.2 Å². The lowest BCUT2D eigenvalue weighted by molar-refractivity contribution is -0.132. The molecule has 13 heavy (non-hydrogen) atoms. The van der Waals surface area contributed by atoms with Crippen LogP contribution in [-0.2, 0) is 4.79 Å². The van der Waals surface area contributed by atoms with Crippen molar-refractivity contribution >= 4 is 5.91 Å². The fourth-order valence-electron chi connectivity index (χ4n) is 1.59. The SMILES string of the molecule is C=CN1C(=O)CCN1CCCCC. The van der Waals surface area contributed by atoms with E-state index in [1.165, 1.54) is 12.8 Å². The highest BCUT2D eigenvalue weighted by molar-refractivity contribution is 5.78. The van der Waals surface area contributed by atoms with Gasteiger partial charge in [-0.1, -0.05) is 26.3 Å². The van der Waals surface area contributed by atoms with Crippen molar-refractivity contribution in [2.75, 3.05) is 13.1 Å². The van der Waals surface area contributed by atoms with Crippen LogP contribution < -0.4 is 0 Å². The first-order chi connectivity index (χ1) is 6.29. The summed E-state index contributed by atoms with van der Waals surface area (Å²) in [7, 11) is 0. The minimum absolute atomic E-state index is 0.173. The molecule has 74 valence electrons. The summed E-state index contributed by atoms with van der Waals surface area (Å²) in [6.45, 7) is 7.65. The Bertz CT molecular complexity index is 191. The van der Waals surface area contributed by atoms with Gasteiger partial charge in [0, 0.05) is 25.7 Å². The fourth-order valence-corrected chi connectivity index (χ4v) is 1.59. The molecule has 0 bridgehead atoms. The van der Waals surface area contributed by atoms with Crippen molar-refractivity contribution in [3.63, 3.8) is 0 Å². The predicted molar refractivity (Wildman–Crippen MR) is 52.8 cm³/mol. The summed E-state index contributed by atoms with van der Waals surface area (Å²) in [4.78, 5) is 11.3. The van der Waals surface area contributed by atoms with Crippen LogP contribution in [0.1, 0.15) is 32.6 Å². The van der Waals surface area contributed by atoms with Gasteiger partial charge in [0.1, 0.15) is 0 Å². The zero-order valence-corrected chi connectivity index (χ0v) is 8.33. The summed E-state index contributed by atoms with van der Waals surface area (Å²) in [5.74, 6) is 0.173. The van der Waals surface area contributed by atoms with E-state index in [0.29, 0.717) is 6.42 Å².